The monoisotopic (exact) mass is 262 g/mol. The van der Waals surface area contributed by atoms with Crippen molar-refractivity contribution < 1.29 is 14.3 Å². The molecular weight excluding hydrogens is 244 g/mol. The minimum atomic E-state index is -0.407. The van der Waals surface area contributed by atoms with Crippen LogP contribution in [-0.2, 0) is 6.54 Å². The van der Waals surface area contributed by atoms with Crippen LogP contribution in [0, 0.1) is 0 Å². The summed E-state index contributed by atoms with van der Waals surface area (Å²) in [5, 5.41) is 15.5. The number of carbonyl (C=O) groups is 1. The smallest absolute Gasteiger partial charge is 0.315 e. The van der Waals surface area contributed by atoms with Gasteiger partial charge in [0.15, 0.2) is 0 Å². The van der Waals surface area contributed by atoms with Gasteiger partial charge in [0.25, 0.3) is 0 Å². The Balaban J connectivity index is 1.80. The second-order valence-corrected chi connectivity index (χ2v) is 4.50. The molecule has 0 spiro atoms. The molecule has 1 heterocycles. The number of furan rings is 1. The highest BCUT2D eigenvalue weighted by Crippen LogP contribution is 2.18. The molecule has 2 rings (SSSR count). The molecule has 0 aliphatic carbocycles. The van der Waals surface area contributed by atoms with Gasteiger partial charge in [-0.1, -0.05) is 18.2 Å². The predicted octanol–water partition coefficient (Wildman–Crippen LogP) is 2.00. The average Bonchev–Trinajstić information content (AvgIpc) is 2.78. The van der Waals surface area contributed by atoms with Gasteiger partial charge in [0.05, 0.1) is 12.6 Å². The molecule has 0 fully saturated rings. The van der Waals surface area contributed by atoms with Gasteiger partial charge in [-0.25, -0.2) is 4.79 Å². The minimum absolute atomic E-state index is 0.263. The van der Waals surface area contributed by atoms with E-state index in [1.807, 2.05) is 30.3 Å². The number of amides is 2. The van der Waals surface area contributed by atoms with Crippen LogP contribution in [0.3, 0.4) is 0 Å². The summed E-state index contributed by atoms with van der Waals surface area (Å²) in [6.07, 6.45) is 0.133. The van der Waals surface area contributed by atoms with Crippen LogP contribution in [0.2, 0.25) is 0 Å². The molecular formula is C14H18N2O3. The van der Waals surface area contributed by atoms with E-state index in [4.69, 9.17) is 9.52 Å². The molecule has 0 saturated heterocycles. The summed E-state index contributed by atoms with van der Waals surface area (Å²) in [6.45, 7) is 2.48. The fraction of sp³-hybridized carbons (Fsp3) is 0.357. The zero-order valence-corrected chi connectivity index (χ0v) is 10.8. The number of hydrogen-bond donors (Lipinski definition) is 3. The zero-order chi connectivity index (χ0) is 13.7. The minimum Gasteiger partial charge on any atom is -0.459 e. The number of carbonyl (C=O) groups excluding carboxylic acids is 1. The van der Waals surface area contributed by atoms with Gasteiger partial charge in [-0.3, -0.25) is 0 Å². The van der Waals surface area contributed by atoms with E-state index in [9.17, 15) is 4.79 Å². The number of para-hydroxylation sites is 1. The second-order valence-electron chi connectivity index (χ2n) is 4.50. The largest absolute Gasteiger partial charge is 0.459 e. The van der Waals surface area contributed by atoms with Crippen molar-refractivity contribution >= 4 is 17.0 Å². The van der Waals surface area contributed by atoms with E-state index in [0.717, 1.165) is 11.0 Å². The van der Waals surface area contributed by atoms with Crippen LogP contribution < -0.4 is 10.6 Å². The molecule has 5 nitrogen and oxygen atoms in total. The summed E-state index contributed by atoms with van der Waals surface area (Å²) in [5.41, 5.74) is 0.814. The molecule has 1 atom stereocenters. The second kappa shape index (κ2) is 6.24. The van der Waals surface area contributed by atoms with E-state index >= 15 is 0 Å². The Morgan fingerprint density at radius 3 is 2.89 bits per heavy atom. The third-order valence-electron chi connectivity index (χ3n) is 2.75. The van der Waals surface area contributed by atoms with Crippen LogP contribution in [0.5, 0.6) is 0 Å². The molecule has 5 heteroatoms. The number of aliphatic hydroxyl groups excluding tert-OH is 1. The highest BCUT2D eigenvalue weighted by Gasteiger charge is 2.05. The predicted molar refractivity (Wildman–Crippen MR) is 72.8 cm³/mol. The molecule has 0 radical (unpaired) electrons. The lowest BCUT2D eigenvalue weighted by Crippen LogP contribution is -2.36. The van der Waals surface area contributed by atoms with Gasteiger partial charge >= 0.3 is 6.03 Å². The lowest BCUT2D eigenvalue weighted by atomic mass is 10.2. The molecule has 102 valence electrons. The Morgan fingerprint density at radius 2 is 2.16 bits per heavy atom. The molecule has 0 aliphatic rings. The molecule has 0 bridgehead atoms. The molecule has 19 heavy (non-hydrogen) atoms. The topological polar surface area (TPSA) is 74.5 Å². The van der Waals surface area contributed by atoms with Gasteiger partial charge < -0.3 is 20.2 Å². The van der Waals surface area contributed by atoms with Gasteiger partial charge in [-0.05, 0) is 25.5 Å². The standard InChI is InChI=1S/C14H18N2O3/c1-10(17)6-7-15-14(18)16-9-12-8-11-4-2-3-5-13(11)19-12/h2-5,8,10,17H,6-7,9H2,1H3,(H2,15,16,18). The molecule has 1 aromatic heterocycles. The number of urea groups is 1. The normalized spacial score (nSPS) is 12.3. The number of fused-ring (bicyclic) bond motifs is 1. The zero-order valence-electron chi connectivity index (χ0n) is 10.8. The molecule has 1 unspecified atom stereocenters. The maximum atomic E-state index is 11.5. The maximum absolute atomic E-state index is 11.5. The first-order chi connectivity index (χ1) is 9.15. The fourth-order valence-electron chi connectivity index (χ4n) is 1.75. The SMILES string of the molecule is CC(O)CCNC(=O)NCc1cc2ccccc2o1. The van der Waals surface area contributed by atoms with Crippen molar-refractivity contribution in [3.05, 3.63) is 36.1 Å². The van der Waals surface area contributed by atoms with Crippen molar-refractivity contribution in [2.45, 2.75) is 26.0 Å². The third kappa shape index (κ3) is 3.99. The molecule has 0 saturated carbocycles. The van der Waals surface area contributed by atoms with E-state index in [0.29, 0.717) is 25.3 Å². The Kier molecular flexibility index (Phi) is 4.41. The first-order valence-electron chi connectivity index (χ1n) is 6.32. The van der Waals surface area contributed by atoms with Crippen molar-refractivity contribution in [3.63, 3.8) is 0 Å². The van der Waals surface area contributed by atoms with Gasteiger partial charge in [0.2, 0.25) is 0 Å². The number of nitrogens with one attached hydrogen (secondary N) is 2. The summed E-state index contributed by atoms with van der Waals surface area (Å²) >= 11 is 0. The first kappa shape index (κ1) is 13.4. The van der Waals surface area contributed by atoms with Crippen LogP contribution in [0.15, 0.2) is 34.7 Å². The Labute approximate surface area is 111 Å². The van der Waals surface area contributed by atoms with Gasteiger partial charge in [-0.2, -0.15) is 0 Å². The Bertz CT molecular complexity index is 515. The lowest BCUT2D eigenvalue weighted by molar-refractivity contribution is 0.183. The van der Waals surface area contributed by atoms with Gasteiger partial charge in [0, 0.05) is 11.9 Å². The van der Waals surface area contributed by atoms with E-state index in [1.165, 1.54) is 0 Å². The van der Waals surface area contributed by atoms with E-state index < -0.39 is 6.10 Å². The van der Waals surface area contributed by atoms with Crippen molar-refractivity contribution in [2.24, 2.45) is 0 Å². The highest BCUT2D eigenvalue weighted by atomic mass is 16.3. The molecule has 0 aliphatic heterocycles. The quantitative estimate of drug-likeness (QED) is 0.771. The van der Waals surface area contributed by atoms with Crippen molar-refractivity contribution in [1.82, 2.24) is 10.6 Å². The van der Waals surface area contributed by atoms with E-state index in [-0.39, 0.29) is 6.03 Å². The average molecular weight is 262 g/mol. The van der Waals surface area contributed by atoms with E-state index in [2.05, 4.69) is 10.6 Å². The fourth-order valence-corrected chi connectivity index (χ4v) is 1.75. The van der Waals surface area contributed by atoms with Crippen LogP contribution >= 0.6 is 0 Å². The number of aliphatic hydroxyl groups is 1. The molecule has 3 N–H and O–H groups in total. The summed E-state index contributed by atoms with van der Waals surface area (Å²) in [7, 11) is 0. The summed E-state index contributed by atoms with van der Waals surface area (Å²) in [4.78, 5) is 11.5. The van der Waals surface area contributed by atoms with Crippen LogP contribution in [0.25, 0.3) is 11.0 Å². The first-order valence-corrected chi connectivity index (χ1v) is 6.32. The van der Waals surface area contributed by atoms with E-state index in [1.54, 1.807) is 6.92 Å². The highest BCUT2D eigenvalue weighted by molar-refractivity contribution is 5.78. The number of benzene rings is 1. The Hall–Kier alpha value is -2.01. The van der Waals surface area contributed by atoms with Crippen LogP contribution in [0.4, 0.5) is 4.79 Å². The van der Waals surface area contributed by atoms with Crippen molar-refractivity contribution in [1.29, 1.82) is 0 Å². The maximum Gasteiger partial charge on any atom is 0.315 e. The summed E-state index contributed by atoms with van der Waals surface area (Å²) in [5.74, 6) is 0.715. The Morgan fingerprint density at radius 1 is 1.37 bits per heavy atom. The molecule has 2 amide bonds. The van der Waals surface area contributed by atoms with Crippen molar-refractivity contribution in [3.8, 4) is 0 Å². The van der Waals surface area contributed by atoms with Gasteiger partial charge in [-0.15, -0.1) is 0 Å². The number of rotatable bonds is 5. The van der Waals surface area contributed by atoms with Gasteiger partial charge in [0.1, 0.15) is 11.3 Å². The van der Waals surface area contributed by atoms with Crippen LogP contribution in [0.1, 0.15) is 19.1 Å². The summed E-state index contributed by atoms with van der Waals surface area (Å²) in [6, 6.07) is 9.35. The van der Waals surface area contributed by atoms with Crippen molar-refractivity contribution in [2.75, 3.05) is 6.54 Å². The lowest BCUT2D eigenvalue weighted by Gasteiger charge is -2.07. The molecule has 2 aromatic rings. The van der Waals surface area contributed by atoms with Crippen LogP contribution in [-0.4, -0.2) is 23.8 Å². The third-order valence-corrected chi connectivity index (χ3v) is 2.75. The molecule has 1 aromatic carbocycles. The number of hydrogen-bond acceptors (Lipinski definition) is 3. The summed E-state index contributed by atoms with van der Waals surface area (Å²) < 4.78 is 5.58.